The van der Waals surface area contributed by atoms with E-state index < -0.39 is 29.5 Å². The van der Waals surface area contributed by atoms with Gasteiger partial charge in [0.2, 0.25) is 0 Å². The van der Waals surface area contributed by atoms with Crippen LogP contribution in [-0.2, 0) is 22.3 Å². The van der Waals surface area contributed by atoms with Gasteiger partial charge >= 0.3 is 6.18 Å². The Morgan fingerprint density at radius 3 is 2.26 bits per heavy atom. The molecule has 0 radical (unpaired) electrons. The van der Waals surface area contributed by atoms with Gasteiger partial charge in [-0.25, -0.2) is 0 Å². The zero-order valence-corrected chi connectivity index (χ0v) is 18.0. The lowest BCUT2D eigenvalue weighted by atomic mass is 9.95. The summed E-state index contributed by atoms with van der Waals surface area (Å²) < 4.78 is 44.7. The number of rotatable bonds is 5. The van der Waals surface area contributed by atoms with Crippen LogP contribution in [0, 0.1) is 0 Å². The van der Waals surface area contributed by atoms with Gasteiger partial charge in [-0.1, -0.05) is 42.5 Å². The van der Waals surface area contributed by atoms with E-state index in [1.807, 2.05) is 0 Å². The van der Waals surface area contributed by atoms with Crippen molar-refractivity contribution in [2.24, 2.45) is 0 Å². The van der Waals surface area contributed by atoms with Crippen molar-refractivity contribution in [3.05, 3.63) is 107 Å². The van der Waals surface area contributed by atoms with Crippen molar-refractivity contribution in [3.8, 4) is 5.75 Å². The highest BCUT2D eigenvalue weighted by atomic mass is 19.4. The molecule has 5 nitrogen and oxygen atoms in total. The van der Waals surface area contributed by atoms with E-state index in [0.29, 0.717) is 16.9 Å². The predicted octanol–water partition coefficient (Wildman–Crippen LogP) is 5.34. The van der Waals surface area contributed by atoms with Crippen molar-refractivity contribution in [2.75, 3.05) is 7.11 Å². The number of nitrogens with zero attached hydrogens (tertiary/aromatic N) is 1. The van der Waals surface area contributed by atoms with E-state index in [9.17, 15) is 27.9 Å². The number of aliphatic hydroxyl groups is 1. The van der Waals surface area contributed by atoms with Gasteiger partial charge in [-0.3, -0.25) is 9.59 Å². The zero-order chi connectivity index (χ0) is 24.5. The fourth-order valence-electron chi connectivity index (χ4n) is 3.97. The highest BCUT2D eigenvalue weighted by Gasteiger charge is 2.46. The van der Waals surface area contributed by atoms with E-state index in [1.54, 1.807) is 54.6 Å². The number of hydrogen-bond donors (Lipinski definition) is 1. The third kappa shape index (κ3) is 4.39. The molecule has 1 unspecified atom stereocenters. The van der Waals surface area contributed by atoms with Crippen molar-refractivity contribution in [1.82, 2.24) is 4.90 Å². The summed E-state index contributed by atoms with van der Waals surface area (Å²) in [4.78, 5) is 27.2. The van der Waals surface area contributed by atoms with Gasteiger partial charge < -0.3 is 14.7 Å². The minimum absolute atomic E-state index is 0.131. The number of halogens is 3. The second kappa shape index (κ2) is 9.05. The fraction of sp³-hybridized carbons (Fsp3) is 0.154. The van der Waals surface area contributed by atoms with Gasteiger partial charge in [0.1, 0.15) is 11.5 Å². The summed E-state index contributed by atoms with van der Waals surface area (Å²) in [5.74, 6) is -1.64. The van der Waals surface area contributed by atoms with E-state index in [1.165, 1.54) is 24.1 Å². The summed E-state index contributed by atoms with van der Waals surface area (Å²) in [6.07, 6.45) is -4.54. The molecule has 3 aromatic rings. The molecular weight excluding hydrogens is 447 g/mol. The predicted molar refractivity (Wildman–Crippen MR) is 119 cm³/mol. The van der Waals surface area contributed by atoms with Gasteiger partial charge in [0.05, 0.1) is 24.3 Å². The molecule has 1 heterocycles. The summed E-state index contributed by atoms with van der Waals surface area (Å²) in [6, 6.07) is 18.5. The smallest absolute Gasteiger partial charge is 0.416 e. The van der Waals surface area contributed by atoms with Crippen LogP contribution >= 0.6 is 0 Å². The first-order valence-electron chi connectivity index (χ1n) is 10.3. The highest BCUT2D eigenvalue weighted by molar-refractivity contribution is 6.46. The number of amides is 1. The van der Waals surface area contributed by atoms with Crippen molar-refractivity contribution < 1.29 is 32.6 Å². The third-order valence-electron chi connectivity index (χ3n) is 5.63. The first-order chi connectivity index (χ1) is 16.2. The number of alkyl halides is 3. The Kier molecular flexibility index (Phi) is 6.15. The summed E-state index contributed by atoms with van der Waals surface area (Å²) in [7, 11) is 1.49. The first kappa shape index (κ1) is 23.1. The van der Waals surface area contributed by atoms with Crippen LogP contribution in [0.3, 0.4) is 0 Å². The van der Waals surface area contributed by atoms with E-state index in [0.717, 1.165) is 12.1 Å². The van der Waals surface area contributed by atoms with Crippen LogP contribution in [0.1, 0.15) is 28.3 Å². The van der Waals surface area contributed by atoms with Crippen molar-refractivity contribution >= 4 is 17.4 Å². The summed E-state index contributed by atoms with van der Waals surface area (Å²) >= 11 is 0. The molecule has 1 fully saturated rings. The number of ketones is 1. The van der Waals surface area contributed by atoms with Gasteiger partial charge in [0.15, 0.2) is 0 Å². The van der Waals surface area contributed by atoms with Crippen molar-refractivity contribution in [3.63, 3.8) is 0 Å². The van der Waals surface area contributed by atoms with Gasteiger partial charge in [-0.2, -0.15) is 13.2 Å². The molecule has 1 aliphatic rings. The van der Waals surface area contributed by atoms with Gasteiger partial charge in [-0.05, 0) is 47.5 Å². The lowest BCUT2D eigenvalue weighted by molar-refractivity contribution is -0.140. The van der Waals surface area contributed by atoms with Crippen LogP contribution in [0.2, 0.25) is 0 Å². The molecule has 0 bridgehead atoms. The Bertz CT molecular complexity index is 1250. The lowest BCUT2D eigenvalue weighted by Crippen LogP contribution is -2.29. The monoisotopic (exact) mass is 467 g/mol. The van der Waals surface area contributed by atoms with Gasteiger partial charge in [0, 0.05) is 12.1 Å². The standard InChI is InChI=1S/C26H20F3NO4/c1-34-20-12-10-18(11-13-20)23(31)21-22(17-7-3-2-4-8-17)30(25(33)24(21)32)15-16-6-5-9-19(14-16)26(27,28)29/h2-14,22,31H,15H2,1H3/b23-21+. The number of benzene rings is 3. The molecule has 3 aromatic carbocycles. The average molecular weight is 467 g/mol. The molecule has 8 heteroatoms. The van der Waals surface area contributed by atoms with Crippen LogP contribution in [0.15, 0.2) is 84.4 Å². The summed E-state index contributed by atoms with van der Waals surface area (Å²) in [5.41, 5.74) is 0.0778. The quantitative estimate of drug-likeness (QED) is 0.313. The number of likely N-dealkylation sites (tertiary alicyclic amines) is 1. The number of carbonyl (C=O) groups excluding carboxylic acids is 2. The molecule has 0 aliphatic carbocycles. The van der Waals surface area contributed by atoms with Crippen LogP contribution in [-0.4, -0.2) is 28.8 Å². The third-order valence-corrected chi connectivity index (χ3v) is 5.63. The first-order valence-corrected chi connectivity index (χ1v) is 10.3. The average Bonchev–Trinajstić information content (AvgIpc) is 3.09. The number of methoxy groups -OCH3 is 1. The SMILES string of the molecule is COc1ccc(/C(O)=C2\C(=O)C(=O)N(Cc3cccc(C(F)(F)F)c3)C2c2ccccc2)cc1. The maximum absolute atomic E-state index is 13.2. The molecule has 1 atom stereocenters. The number of Topliss-reactive ketones (excluding diaryl/α,β-unsaturated/α-hetero) is 1. The number of ether oxygens (including phenoxy) is 1. The topological polar surface area (TPSA) is 66.8 Å². The van der Waals surface area contributed by atoms with Crippen LogP contribution in [0.4, 0.5) is 13.2 Å². The summed E-state index contributed by atoms with van der Waals surface area (Å²) in [6.45, 7) is -0.243. The molecule has 174 valence electrons. The van der Waals surface area contributed by atoms with E-state index in [-0.39, 0.29) is 23.4 Å². The molecule has 1 amide bonds. The second-order valence-electron chi connectivity index (χ2n) is 7.76. The largest absolute Gasteiger partial charge is 0.507 e. The molecule has 0 saturated carbocycles. The maximum atomic E-state index is 13.2. The Hall–Kier alpha value is -4.07. The minimum atomic E-state index is -4.54. The van der Waals surface area contributed by atoms with E-state index >= 15 is 0 Å². The Labute approximate surface area is 193 Å². The van der Waals surface area contributed by atoms with E-state index in [2.05, 4.69) is 0 Å². The maximum Gasteiger partial charge on any atom is 0.416 e. The second-order valence-corrected chi connectivity index (χ2v) is 7.76. The van der Waals surface area contributed by atoms with Crippen molar-refractivity contribution in [2.45, 2.75) is 18.8 Å². The fourth-order valence-corrected chi connectivity index (χ4v) is 3.97. The molecule has 0 aromatic heterocycles. The highest BCUT2D eigenvalue weighted by Crippen LogP contribution is 2.40. The van der Waals surface area contributed by atoms with Crippen LogP contribution in [0.25, 0.3) is 5.76 Å². The molecule has 1 saturated heterocycles. The molecule has 1 N–H and O–H groups in total. The van der Waals surface area contributed by atoms with Gasteiger partial charge in [-0.15, -0.1) is 0 Å². The van der Waals surface area contributed by atoms with Crippen molar-refractivity contribution in [1.29, 1.82) is 0 Å². The number of aliphatic hydroxyl groups excluding tert-OH is 1. The Morgan fingerprint density at radius 1 is 0.971 bits per heavy atom. The molecule has 4 rings (SSSR count). The molecule has 34 heavy (non-hydrogen) atoms. The molecule has 1 aliphatic heterocycles. The van der Waals surface area contributed by atoms with E-state index in [4.69, 9.17) is 4.74 Å². The Morgan fingerprint density at radius 2 is 1.65 bits per heavy atom. The minimum Gasteiger partial charge on any atom is -0.507 e. The Balaban J connectivity index is 1.81. The van der Waals surface area contributed by atoms with Gasteiger partial charge in [0.25, 0.3) is 11.7 Å². The lowest BCUT2D eigenvalue weighted by Gasteiger charge is -2.25. The normalized spacial score (nSPS) is 17.8. The summed E-state index contributed by atoms with van der Waals surface area (Å²) in [5, 5.41) is 11.0. The number of hydrogen-bond acceptors (Lipinski definition) is 4. The number of carbonyl (C=O) groups is 2. The molecular formula is C26H20F3NO4. The van der Waals surface area contributed by atoms with Crippen LogP contribution in [0.5, 0.6) is 5.75 Å². The van der Waals surface area contributed by atoms with Crippen LogP contribution < -0.4 is 4.74 Å². The molecule has 0 spiro atoms. The zero-order valence-electron chi connectivity index (χ0n) is 18.0.